The summed E-state index contributed by atoms with van der Waals surface area (Å²) in [5.41, 5.74) is 0.679. The topological polar surface area (TPSA) is 111 Å². The van der Waals surface area contributed by atoms with E-state index in [1.54, 1.807) is 14.0 Å². The zero-order valence-electron chi connectivity index (χ0n) is 14.2. The highest BCUT2D eigenvalue weighted by molar-refractivity contribution is 7.20. The van der Waals surface area contributed by atoms with Crippen LogP contribution in [0, 0.1) is 12.8 Å². The van der Waals surface area contributed by atoms with Gasteiger partial charge in [0, 0.05) is 7.11 Å². The lowest BCUT2D eigenvalue weighted by atomic mass is 10.1. The summed E-state index contributed by atoms with van der Waals surface area (Å²) in [4.78, 5) is 33.7. The summed E-state index contributed by atoms with van der Waals surface area (Å²) in [6.45, 7) is 2.01. The number of nitrogens with one attached hydrogen (secondary N) is 1. The van der Waals surface area contributed by atoms with E-state index >= 15 is 0 Å². The van der Waals surface area contributed by atoms with Gasteiger partial charge in [0.15, 0.2) is 5.82 Å². The Balaban J connectivity index is 1.97. The van der Waals surface area contributed by atoms with Crippen molar-refractivity contribution in [3.05, 3.63) is 16.3 Å². The largest absolute Gasteiger partial charge is 0.480 e. The van der Waals surface area contributed by atoms with Gasteiger partial charge >= 0.3 is 5.97 Å². The Hall–Kier alpha value is -2.26. The number of hydrogen-bond acceptors (Lipinski definition) is 7. The summed E-state index contributed by atoms with van der Waals surface area (Å²) in [5.74, 6) is -0.563. The number of aliphatic carboxylic acids is 1. The Morgan fingerprint density at radius 3 is 2.64 bits per heavy atom. The molecule has 2 aromatic rings. The Labute approximate surface area is 148 Å². The van der Waals surface area contributed by atoms with Crippen LogP contribution in [-0.4, -0.2) is 47.2 Å². The molecule has 1 saturated carbocycles. The van der Waals surface area contributed by atoms with Gasteiger partial charge in [-0.05, 0) is 31.2 Å². The molecule has 0 bridgehead atoms. The third kappa shape index (κ3) is 3.42. The van der Waals surface area contributed by atoms with Gasteiger partial charge in [0.25, 0.3) is 5.91 Å². The molecule has 0 aliphatic heterocycles. The van der Waals surface area contributed by atoms with Crippen LogP contribution >= 0.6 is 11.3 Å². The maximum Gasteiger partial charge on any atom is 0.326 e. The molecular weight excluding hydrogens is 346 g/mol. The summed E-state index contributed by atoms with van der Waals surface area (Å²) in [7, 11) is 3.05. The number of amides is 1. The molecule has 2 aromatic heterocycles. The first kappa shape index (κ1) is 17.6. The number of carboxylic acid groups (broad SMARTS) is 1. The molecule has 2 heterocycles. The molecule has 1 unspecified atom stereocenters. The van der Waals surface area contributed by atoms with Crippen LogP contribution in [-0.2, 0) is 16.1 Å². The number of methoxy groups -OCH3 is 2. The van der Waals surface area contributed by atoms with Crippen molar-refractivity contribution in [1.82, 2.24) is 15.3 Å². The number of carbonyl (C=O) groups excluding carboxylic acids is 1. The summed E-state index contributed by atoms with van der Waals surface area (Å²) >= 11 is 1.20. The number of carboxylic acids is 1. The van der Waals surface area contributed by atoms with Crippen molar-refractivity contribution >= 4 is 33.4 Å². The Bertz CT molecular complexity index is 831. The second-order valence-corrected chi connectivity index (χ2v) is 6.94. The summed E-state index contributed by atoms with van der Waals surface area (Å²) in [5, 5.41) is 12.6. The Kier molecular flexibility index (Phi) is 4.87. The number of carbonyl (C=O) groups is 2. The first-order valence-electron chi connectivity index (χ1n) is 7.82. The molecule has 1 atom stereocenters. The zero-order valence-corrected chi connectivity index (χ0v) is 15.0. The maximum atomic E-state index is 12.6. The molecule has 134 valence electrons. The van der Waals surface area contributed by atoms with E-state index in [0.717, 1.165) is 12.8 Å². The third-order valence-corrected chi connectivity index (χ3v) is 5.31. The molecule has 1 fully saturated rings. The van der Waals surface area contributed by atoms with E-state index in [9.17, 15) is 14.7 Å². The number of aryl methyl sites for hydroxylation is 1. The second-order valence-electron chi connectivity index (χ2n) is 5.95. The predicted molar refractivity (Wildman–Crippen MR) is 91.0 cm³/mol. The molecular formula is C16H19N3O5S. The fourth-order valence-corrected chi connectivity index (χ4v) is 3.81. The molecule has 1 aliphatic rings. The smallest absolute Gasteiger partial charge is 0.326 e. The van der Waals surface area contributed by atoms with Crippen LogP contribution in [0.3, 0.4) is 0 Å². The number of aromatic nitrogens is 2. The second kappa shape index (κ2) is 6.93. The highest BCUT2D eigenvalue weighted by Gasteiger charge is 2.38. The lowest BCUT2D eigenvalue weighted by molar-refractivity contribution is -0.139. The molecule has 2 N–H and O–H groups in total. The van der Waals surface area contributed by atoms with Crippen LogP contribution in [0.4, 0.5) is 0 Å². The van der Waals surface area contributed by atoms with Crippen LogP contribution in [0.5, 0.6) is 5.88 Å². The van der Waals surface area contributed by atoms with Gasteiger partial charge in [0.1, 0.15) is 17.5 Å². The molecule has 0 saturated heterocycles. The number of thiophene rings is 1. The van der Waals surface area contributed by atoms with Gasteiger partial charge in [0.2, 0.25) is 5.88 Å². The molecule has 25 heavy (non-hydrogen) atoms. The summed E-state index contributed by atoms with van der Waals surface area (Å²) < 4.78 is 10.4. The van der Waals surface area contributed by atoms with Crippen molar-refractivity contribution in [3.8, 4) is 5.88 Å². The minimum atomic E-state index is -1.01. The predicted octanol–water partition coefficient (Wildman–Crippen LogP) is 1.75. The molecule has 3 rings (SSSR count). The van der Waals surface area contributed by atoms with Crippen molar-refractivity contribution in [3.63, 3.8) is 0 Å². The van der Waals surface area contributed by atoms with E-state index < -0.39 is 17.9 Å². The molecule has 9 heteroatoms. The van der Waals surface area contributed by atoms with E-state index in [1.165, 1.54) is 18.4 Å². The van der Waals surface area contributed by atoms with Gasteiger partial charge < -0.3 is 19.9 Å². The molecule has 1 amide bonds. The number of nitrogens with zero attached hydrogens (tertiary/aromatic N) is 2. The normalized spacial score (nSPS) is 15.2. The standard InChI is InChI=1S/C16H19N3O5S/c1-7-10-14(24-3)17-9(6-23-2)18-15(10)25-12(7)13(20)19-11(16(21)22)8-4-5-8/h8,11H,4-6H2,1-3H3,(H,19,20)(H,21,22). The van der Waals surface area contributed by atoms with Crippen LogP contribution in [0.2, 0.25) is 0 Å². The summed E-state index contributed by atoms with van der Waals surface area (Å²) in [6, 6.07) is -0.853. The van der Waals surface area contributed by atoms with E-state index in [2.05, 4.69) is 15.3 Å². The number of rotatable bonds is 7. The van der Waals surface area contributed by atoms with Crippen LogP contribution in [0.1, 0.15) is 33.9 Å². The van der Waals surface area contributed by atoms with Crippen molar-refractivity contribution < 1.29 is 24.2 Å². The lowest BCUT2D eigenvalue weighted by Crippen LogP contribution is -2.42. The van der Waals surface area contributed by atoms with Crippen LogP contribution in [0.15, 0.2) is 0 Å². The average molecular weight is 365 g/mol. The number of ether oxygens (including phenoxy) is 2. The lowest BCUT2D eigenvalue weighted by Gasteiger charge is -2.13. The number of hydrogen-bond donors (Lipinski definition) is 2. The van der Waals surface area contributed by atoms with Crippen molar-refractivity contribution in [2.75, 3.05) is 14.2 Å². The fraction of sp³-hybridized carbons (Fsp3) is 0.500. The Morgan fingerprint density at radius 1 is 1.36 bits per heavy atom. The van der Waals surface area contributed by atoms with Crippen molar-refractivity contribution in [1.29, 1.82) is 0 Å². The maximum absolute atomic E-state index is 12.6. The van der Waals surface area contributed by atoms with Gasteiger partial charge in [0.05, 0.1) is 17.4 Å². The first-order valence-corrected chi connectivity index (χ1v) is 8.64. The van der Waals surface area contributed by atoms with Crippen LogP contribution < -0.4 is 10.1 Å². The minimum absolute atomic E-state index is 0.0127. The highest BCUT2D eigenvalue weighted by atomic mass is 32.1. The quantitative estimate of drug-likeness (QED) is 0.769. The molecule has 0 aromatic carbocycles. The molecule has 0 spiro atoms. The monoisotopic (exact) mass is 365 g/mol. The average Bonchev–Trinajstić information content (AvgIpc) is 3.35. The van der Waals surface area contributed by atoms with Gasteiger partial charge in [-0.3, -0.25) is 4.79 Å². The molecule has 8 nitrogen and oxygen atoms in total. The fourth-order valence-electron chi connectivity index (χ4n) is 2.72. The highest BCUT2D eigenvalue weighted by Crippen LogP contribution is 2.36. The van der Waals surface area contributed by atoms with E-state index in [0.29, 0.717) is 32.4 Å². The Morgan fingerprint density at radius 2 is 2.08 bits per heavy atom. The number of fused-ring (bicyclic) bond motifs is 1. The SMILES string of the molecule is COCc1nc(OC)c2c(C)c(C(=O)NC(C(=O)O)C3CC3)sc2n1. The van der Waals surface area contributed by atoms with Crippen molar-refractivity contribution in [2.24, 2.45) is 5.92 Å². The van der Waals surface area contributed by atoms with Crippen molar-refractivity contribution in [2.45, 2.75) is 32.4 Å². The van der Waals surface area contributed by atoms with E-state index in [1.807, 2.05) is 0 Å². The van der Waals surface area contributed by atoms with Gasteiger partial charge in [-0.15, -0.1) is 11.3 Å². The first-order chi connectivity index (χ1) is 12.0. The van der Waals surface area contributed by atoms with Gasteiger partial charge in [-0.1, -0.05) is 0 Å². The van der Waals surface area contributed by atoms with E-state index in [4.69, 9.17) is 9.47 Å². The van der Waals surface area contributed by atoms with E-state index in [-0.39, 0.29) is 12.5 Å². The van der Waals surface area contributed by atoms with Gasteiger partial charge in [-0.2, -0.15) is 4.98 Å². The van der Waals surface area contributed by atoms with Crippen LogP contribution in [0.25, 0.3) is 10.2 Å². The molecule has 1 aliphatic carbocycles. The minimum Gasteiger partial charge on any atom is -0.480 e. The summed E-state index contributed by atoms with van der Waals surface area (Å²) in [6.07, 6.45) is 1.64. The third-order valence-electron chi connectivity index (χ3n) is 4.12. The zero-order chi connectivity index (χ0) is 18.1. The van der Waals surface area contributed by atoms with Gasteiger partial charge in [-0.25, -0.2) is 9.78 Å². The molecule has 0 radical (unpaired) electrons.